The number of rotatable bonds is 11. The van der Waals surface area contributed by atoms with E-state index >= 15 is 0 Å². The van der Waals surface area contributed by atoms with Crippen LogP contribution >= 0.6 is 12.4 Å². The monoisotopic (exact) mass is 412 g/mol. The molecule has 1 saturated carbocycles. The maximum Gasteiger partial charge on any atom is 0.412 e. The molecule has 1 aromatic carbocycles. The molecule has 0 aliphatic heterocycles. The van der Waals surface area contributed by atoms with Gasteiger partial charge in [0.1, 0.15) is 11.9 Å². The molecular formula is C22H37ClN2O3. The summed E-state index contributed by atoms with van der Waals surface area (Å²) in [6.07, 6.45) is 8.63. The average Bonchev–Trinajstić information content (AvgIpc) is 2.68. The number of hydrogen-bond acceptors (Lipinski definition) is 4. The minimum Gasteiger partial charge on any atom is -0.491 e. The number of ether oxygens (including phenoxy) is 2. The van der Waals surface area contributed by atoms with E-state index in [2.05, 4.69) is 24.5 Å². The van der Waals surface area contributed by atoms with Crippen LogP contribution in [0.15, 0.2) is 24.3 Å². The summed E-state index contributed by atoms with van der Waals surface area (Å²) in [6.45, 7) is 6.82. The van der Waals surface area contributed by atoms with Gasteiger partial charge in [-0.1, -0.05) is 51.7 Å². The topological polar surface area (TPSA) is 59.6 Å². The molecular weight excluding hydrogens is 376 g/mol. The van der Waals surface area contributed by atoms with Crippen molar-refractivity contribution < 1.29 is 14.3 Å². The van der Waals surface area contributed by atoms with Gasteiger partial charge < -0.3 is 14.8 Å². The van der Waals surface area contributed by atoms with Crippen LogP contribution in [0.3, 0.4) is 0 Å². The Morgan fingerprint density at radius 2 is 1.89 bits per heavy atom. The Hall–Kier alpha value is -1.46. The molecule has 1 amide bonds. The molecule has 1 aliphatic carbocycles. The fourth-order valence-electron chi connectivity index (χ4n) is 3.58. The molecule has 6 heteroatoms. The van der Waals surface area contributed by atoms with Crippen molar-refractivity contribution in [1.29, 1.82) is 0 Å². The highest BCUT2D eigenvalue weighted by Gasteiger charge is 2.28. The molecule has 0 saturated heterocycles. The summed E-state index contributed by atoms with van der Waals surface area (Å²) in [5.74, 6) is 1.10. The summed E-state index contributed by atoms with van der Waals surface area (Å²) in [7, 11) is 0. The van der Waals surface area contributed by atoms with Crippen LogP contribution in [0.1, 0.15) is 65.2 Å². The van der Waals surface area contributed by atoms with Crippen LogP contribution in [0.25, 0.3) is 0 Å². The Bertz CT molecular complexity index is 556. The first kappa shape index (κ1) is 24.6. The summed E-state index contributed by atoms with van der Waals surface area (Å²) in [4.78, 5) is 12.5. The number of amides is 1. The molecule has 0 spiro atoms. The Balaban J connectivity index is 0.00000392. The quantitative estimate of drug-likeness (QED) is 0.452. The predicted molar refractivity (Wildman–Crippen MR) is 118 cm³/mol. The lowest BCUT2D eigenvalue weighted by atomic mass is 9.86. The molecule has 0 heterocycles. The third-order valence-corrected chi connectivity index (χ3v) is 5.13. The standard InChI is InChI=1S/C22H36N2O3.ClH/c1-3-5-6-11-16-26-21-15-10-8-13-19(21)24-22(25)27-20-14-9-7-12-18(20)17-23-4-2;/h8,10,13,15,18,20,23H,3-7,9,11-12,14,16-17H2,1-2H3,(H,24,25);1H/t18-,20+;/m1./s1. The van der Waals surface area contributed by atoms with Gasteiger partial charge in [0.05, 0.1) is 12.3 Å². The minimum absolute atomic E-state index is 0. The van der Waals surface area contributed by atoms with E-state index in [1.807, 2.05) is 24.3 Å². The van der Waals surface area contributed by atoms with E-state index in [0.717, 1.165) is 38.8 Å². The smallest absolute Gasteiger partial charge is 0.412 e. The SMILES string of the molecule is CCCCCCOc1ccccc1NC(=O)O[C@H]1CCCC[C@@H]1CNCC.Cl. The first-order chi connectivity index (χ1) is 13.2. The first-order valence-corrected chi connectivity index (χ1v) is 10.6. The van der Waals surface area contributed by atoms with Crippen LogP contribution in [0.2, 0.25) is 0 Å². The summed E-state index contributed by atoms with van der Waals surface area (Å²) in [6, 6.07) is 7.57. The van der Waals surface area contributed by atoms with Crippen molar-refractivity contribution in [1.82, 2.24) is 5.32 Å². The Morgan fingerprint density at radius 3 is 2.68 bits per heavy atom. The highest BCUT2D eigenvalue weighted by Crippen LogP contribution is 2.28. The molecule has 160 valence electrons. The molecule has 0 radical (unpaired) electrons. The lowest BCUT2D eigenvalue weighted by molar-refractivity contribution is 0.0459. The molecule has 1 aromatic rings. The Morgan fingerprint density at radius 1 is 1.11 bits per heavy atom. The van der Waals surface area contributed by atoms with Crippen LogP contribution in [-0.2, 0) is 4.74 Å². The zero-order chi connectivity index (χ0) is 19.3. The van der Waals surface area contributed by atoms with E-state index in [1.54, 1.807) is 0 Å². The largest absolute Gasteiger partial charge is 0.491 e. The van der Waals surface area contributed by atoms with Gasteiger partial charge in [-0.15, -0.1) is 12.4 Å². The number of para-hydroxylation sites is 2. The molecule has 1 fully saturated rings. The van der Waals surface area contributed by atoms with E-state index < -0.39 is 0 Å². The third-order valence-electron chi connectivity index (χ3n) is 5.13. The van der Waals surface area contributed by atoms with Crippen LogP contribution in [0.4, 0.5) is 10.5 Å². The third kappa shape index (κ3) is 8.70. The predicted octanol–water partition coefficient (Wildman–Crippen LogP) is 5.78. The number of anilines is 1. The summed E-state index contributed by atoms with van der Waals surface area (Å²) < 4.78 is 11.6. The fourth-order valence-corrected chi connectivity index (χ4v) is 3.58. The number of benzene rings is 1. The molecule has 2 atom stereocenters. The first-order valence-electron chi connectivity index (χ1n) is 10.6. The Kier molecular flexibility index (Phi) is 12.8. The van der Waals surface area contributed by atoms with Crippen LogP contribution in [-0.4, -0.2) is 31.9 Å². The second kappa shape index (κ2) is 14.5. The molecule has 0 aromatic heterocycles. The number of carbonyl (C=O) groups is 1. The molecule has 2 N–H and O–H groups in total. The van der Waals surface area contributed by atoms with Crippen molar-refractivity contribution in [3.63, 3.8) is 0 Å². The maximum absolute atomic E-state index is 12.5. The van der Waals surface area contributed by atoms with Crippen molar-refractivity contribution in [3.05, 3.63) is 24.3 Å². The number of unbranched alkanes of at least 4 members (excludes halogenated alkanes) is 3. The number of halogens is 1. The van der Waals surface area contributed by atoms with Crippen LogP contribution in [0, 0.1) is 5.92 Å². The van der Waals surface area contributed by atoms with E-state index in [9.17, 15) is 4.79 Å². The van der Waals surface area contributed by atoms with Crippen molar-refractivity contribution in [2.45, 2.75) is 71.3 Å². The van der Waals surface area contributed by atoms with E-state index in [4.69, 9.17) is 9.47 Å². The molecule has 1 aliphatic rings. The second-order valence-electron chi connectivity index (χ2n) is 7.33. The molecule has 28 heavy (non-hydrogen) atoms. The molecule has 5 nitrogen and oxygen atoms in total. The van der Waals surface area contributed by atoms with Gasteiger partial charge in [-0.2, -0.15) is 0 Å². The zero-order valence-corrected chi connectivity index (χ0v) is 18.2. The minimum atomic E-state index is -0.384. The van der Waals surface area contributed by atoms with E-state index in [1.165, 1.54) is 25.7 Å². The van der Waals surface area contributed by atoms with Crippen molar-refractivity contribution >= 4 is 24.2 Å². The van der Waals surface area contributed by atoms with Crippen LogP contribution in [0.5, 0.6) is 5.75 Å². The highest BCUT2D eigenvalue weighted by molar-refractivity contribution is 5.86. The van der Waals surface area contributed by atoms with Gasteiger partial charge in [0.15, 0.2) is 0 Å². The lowest BCUT2D eigenvalue weighted by Gasteiger charge is -2.31. The van der Waals surface area contributed by atoms with E-state index in [0.29, 0.717) is 24.0 Å². The van der Waals surface area contributed by atoms with Crippen molar-refractivity contribution in [2.24, 2.45) is 5.92 Å². The zero-order valence-electron chi connectivity index (χ0n) is 17.4. The number of hydrogen-bond donors (Lipinski definition) is 2. The Labute approximate surface area is 176 Å². The summed E-state index contributed by atoms with van der Waals surface area (Å²) >= 11 is 0. The number of nitrogens with one attached hydrogen (secondary N) is 2. The van der Waals surface area contributed by atoms with Crippen molar-refractivity contribution in [3.8, 4) is 5.75 Å². The van der Waals surface area contributed by atoms with Crippen LogP contribution < -0.4 is 15.4 Å². The normalized spacial score (nSPS) is 18.8. The lowest BCUT2D eigenvalue weighted by Crippen LogP contribution is -2.37. The fraction of sp³-hybridized carbons (Fsp3) is 0.682. The second-order valence-corrected chi connectivity index (χ2v) is 7.33. The van der Waals surface area contributed by atoms with Gasteiger partial charge in [-0.05, 0) is 44.4 Å². The highest BCUT2D eigenvalue weighted by atomic mass is 35.5. The van der Waals surface area contributed by atoms with Gasteiger partial charge >= 0.3 is 6.09 Å². The average molecular weight is 413 g/mol. The summed E-state index contributed by atoms with van der Waals surface area (Å²) in [5, 5.41) is 6.27. The number of carbonyl (C=O) groups excluding carboxylic acids is 1. The molecule has 2 rings (SSSR count). The van der Waals surface area contributed by atoms with E-state index in [-0.39, 0.29) is 24.6 Å². The van der Waals surface area contributed by atoms with Gasteiger partial charge in [-0.3, -0.25) is 5.32 Å². The van der Waals surface area contributed by atoms with Gasteiger partial charge in [-0.25, -0.2) is 4.79 Å². The molecule has 0 unspecified atom stereocenters. The van der Waals surface area contributed by atoms with Gasteiger partial charge in [0, 0.05) is 12.5 Å². The van der Waals surface area contributed by atoms with Gasteiger partial charge in [0.25, 0.3) is 0 Å². The molecule has 0 bridgehead atoms. The summed E-state index contributed by atoms with van der Waals surface area (Å²) in [5.41, 5.74) is 0.678. The van der Waals surface area contributed by atoms with Crippen molar-refractivity contribution in [2.75, 3.05) is 25.0 Å². The maximum atomic E-state index is 12.5. The van der Waals surface area contributed by atoms with Gasteiger partial charge in [0.2, 0.25) is 0 Å².